The van der Waals surface area contributed by atoms with Gasteiger partial charge >= 0.3 is 5.97 Å². The SMILES string of the molecule is COc1ccccc1C(=O)NCC(=O)O. The number of rotatable bonds is 4. The average molecular weight is 209 g/mol. The van der Waals surface area contributed by atoms with Crippen LogP contribution in [0.15, 0.2) is 24.3 Å². The highest BCUT2D eigenvalue weighted by Crippen LogP contribution is 2.16. The topological polar surface area (TPSA) is 75.6 Å². The number of methoxy groups -OCH3 is 1. The molecule has 0 bridgehead atoms. The highest BCUT2D eigenvalue weighted by Gasteiger charge is 2.11. The number of carboxylic acids is 1. The molecule has 0 saturated heterocycles. The Morgan fingerprint density at radius 3 is 2.67 bits per heavy atom. The van der Waals surface area contributed by atoms with Crippen molar-refractivity contribution in [3.63, 3.8) is 0 Å². The first kappa shape index (κ1) is 11.0. The van der Waals surface area contributed by atoms with Gasteiger partial charge in [-0.2, -0.15) is 0 Å². The van der Waals surface area contributed by atoms with E-state index < -0.39 is 18.4 Å². The van der Waals surface area contributed by atoms with Gasteiger partial charge in [0.15, 0.2) is 0 Å². The van der Waals surface area contributed by atoms with Crippen LogP contribution in [0, 0.1) is 0 Å². The number of carboxylic acid groups (broad SMARTS) is 1. The molecule has 0 fully saturated rings. The Bertz CT molecular complexity index is 375. The molecule has 0 unspecified atom stereocenters. The van der Waals surface area contributed by atoms with Crippen LogP contribution < -0.4 is 10.1 Å². The summed E-state index contributed by atoms with van der Waals surface area (Å²) in [4.78, 5) is 21.7. The third kappa shape index (κ3) is 2.98. The summed E-state index contributed by atoms with van der Waals surface area (Å²) in [5.74, 6) is -1.13. The van der Waals surface area contributed by atoms with Crippen LogP contribution in [0.1, 0.15) is 10.4 Å². The highest BCUT2D eigenvalue weighted by molar-refractivity contribution is 5.98. The molecule has 15 heavy (non-hydrogen) atoms. The second kappa shape index (κ2) is 4.99. The van der Waals surface area contributed by atoms with Crippen molar-refractivity contribution in [1.82, 2.24) is 5.32 Å². The Morgan fingerprint density at radius 1 is 1.40 bits per heavy atom. The van der Waals surface area contributed by atoms with Gasteiger partial charge in [-0.25, -0.2) is 0 Å². The minimum atomic E-state index is -1.08. The Labute approximate surface area is 86.7 Å². The molecule has 0 saturated carbocycles. The number of ether oxygens (including phenoxy) is 1. The molecule has 0 spiro atoms. The molecule has 5 heteroatoms. The van der Waals surface area contributed by atoms with Crippen LogP contribution in [0.25, 0.3) is 0 Å². The van der Waals surface area contributed by atoms with Crippen LogP contribution in [0.2, 0.25) is 0 Å². The smallest absolute Gasteiger partial charge is 0.322 e. The molecule has 1 aromatic rings. The summed E-state index contributed by atoms with van der Waals surface area (Å²) >= 11 is 0. The summed E-state index contributed by atoms with van der Waals surface area (Å²) in [7, 11) is 1.45. The molecule has 0 aliphatic carbocycles. The zero-order valence-electron chi connectivity index (χ0n) is 8.19. The van der Waals surface area contributed by atoms with Gasteiger partial charge in [-0.15, -0.1) is 0 Å². The van der Waals surface area contributed by atoms with Gasteiger partial charge in [0.2, 0.25) is 0 Å². The molecule has 0 aromatic heterocycles. The van der Waals surface area contributed by atoms with Gasteiger partial charge in [-0.05, 0) is 12.1 Å². The largest absolute Gasteiger partial charge is 0.496 e. The van der Waals surface area contributed by atoms with E-state index in [-0.39, 0.29) is 0 Å². The molecule has 5 nitrogen and oxygen atoms in total. The quantitative estimate of drug-likeness (QED) is 0.757. The van der Waals surface area contributed by atoms with Crippen LogP contribution in [-0.2, 0) is 4.79 Å². The minimum Gasteiger partial charge on any atom is -0.496 e. The van der Waals surface area contributed by atoms with Gasteiger partial charge in [0.25, 0.3) is 5.91 Å². The van der Waals surface area contributed by atoms with Crippen molar-refractivity contribution in [2.75, 3.05) is 13.7 Å². The van der Waals surface area contributed by atoms with E-state index in [1.165, 1.54) is 7.11 Å². The van der Waals surface area contributed by atoms with E-state index in [1.807, 2.05) is 0 Å². The first-order valence-electron chi connectivity index (χ1n) is 4.28. The van der Waals surface area contributed by atoms with E-state index in [0.717, 1.165) is 0 Å². The molecule has 1 aromatic carbocycles. The van der Waals surface area contributed by atoms with E-state index >= 15 is 0 Å². The van der Waals surface area contributed by atoms with Crippen molar-refractivity contribution in [1.29, 1.82) is 0 Å². The van der Waals surface area contributed by atoms with Crippen LogP contribution >= 0.6 is 0 Å². The summed E-state index contributed by atoms with van der Waals surface area (Å²) in [5, 5.41) is 10.6. The summed E-state index contributed by atoms with van der Waals surface area (Å²) in [6, 6.07) is 6.61. The summed E-state index contributed by atoms with van der Waals surface area (Å²) in [6.07, 6.45) is 0. The van der Waals surface area contributed by atoms with E-state index in [9.17, 15) is 9.59 Å². The van der Waals surface area contributed by atoms with E-state index in [2.05, 4.69) is 5.32 Å². The van der Waals surface area contributed by atoms with E-state index in [1.54, 1.807) is 24.3 Å². The molecular formula is C10H11NO4. The molecule has 2 N–H and O–H groups in total. The Morgan fingerprint density at radius 2 is 2.07 bits per heavy atom. The normalized spacial score (nSPS) is 9.40. The van der Waals surface area contributed by atoms with Gasteiger partial charge in [-0.1, -0.05) is 12.1 Å². The number of para-hydroxylation sites is 1. The van der Waals surface area contributed by atoms with Gasteiger partial charge in [0.05, 0.1) is 12.7 Å². The fraction of sp³-hybridized carbons (Fsp3) is 0.200. The third-order valence-corrected chi connectivity index (χ3v) is 1.75. The van der Waals surface area contributed by atoms with Crippen LogP contribution in [0.5, 0.6) is 5.75 Å². The summed E-state index contributed by atoms with van der Waals surface area (Å²) in [6.45, 7) is -0.406. The third-order valence-electron chi connectivity index (χ3n) is 1.75. The lowest BCUT2D eigenvalue weighted by Gasteiger charge is -2.07. The second-order valence-corrected chi connectivity index (χ2v) is 2.78. The van der Waals surface area contributed by atoms with Crippen molar-refractivity contribution in [2.45, 2.75) is 0 Å². The van der Waals surface area contributed by atoms with Crippen molar-refractivity contribution in [3.05, 3.63) is 29.8 Å². The number of carbonyl (C=O) groups is 2. The molecule has 1 amide bonds. The molecule has 0 heterocycles. The lowest BCUT2D eigenvalue weighted by molar-refractivity contribution is -0.135. The summed E-state index contributed by atoms with van der Waals surface area (Å²) in [5.41, 5.74) is 0.321. The lowest BCUT2D eigenvalue weighted by Crippen LogP contribution is -2.29. The van der Waals surface area contributed by atoms with Crippen molar-refractivity contribution in [3.8, 4) is 5.75 Å². The summed E-state index contributed by atoms with van der Waals surface area (Å²) < 4.78 is 4.97. The van der Waals surface area contributed by atoms with Gasteiger partial charge < -0.3 is 15.2 Å². The first-order chi connectivity index (χ1) is 7.15. The van der Waals surface area contributed by atoms with Gasteiger partial charge in [-0.3, -0.25) is 9.59 Å². The maximum Gasteiger partial charge on any atom is 0.322 e. The van der Waals surface area contributed by atoms with Crippen LogP contribution in [-0.4, -0.2) is 30.6 Å². The molecule has 80 valence electrons. The average Bonchev–Trinajstić information content (AvgIpc) is 2.25. The molecule has 0 aliphatic rings. The van der Waals surface area contributed by atoms with E-state index in [4.69, 9.17) is 9.84 Å². The Hall–Kier alpha value is -2.04. The zero-order chi connectivity index (χ0) is 11.3. The lowest BCUT2D eigenvalue weighted by atomic mass is 10.2. The van der Waals surface area contributed by atoms with Crippen molar-refractivity contribution in [2.24, 2.45) is 0 Å². The number of amides is 1. The fourth-order valence-corrected chi connectivity index (χ4v) is 1.08. The maximum absolute atomic E-state index is 11.5. The predicted octanol–water partition coefficient (Wildman–Crippen LogP) is 0.510. The number of benzene rings is 1. The van der Waals surface area contributed by atoms with E-state index in [0.29, 0.717) is 11.3 Å². The Kier molecular flexibility index (Phi) is 3.68. The molecule has 1 rings (SSSR count). The molecule has 0 atom stereocenters. The van der Waals surface area contributed by atoms with Gasteiger partial charge in [0.1, 0.15) is 12.3 Å². The monoisotopic (exact) mass is 209 g/mol. The molecule has 0 radical (unpaired) electrons. The number of aliphatic carboxylic acids is 1. The van der Waals surface area contributed by atoms with Gasteiger partial charge in [0, 0.05) is 0 Å². The molecular weight excluding hydrogens is 198 g/mol. The fourth-order valence-electron chi connectivity index (χ4n) is 1.08. The predicted molar refractivity (Wildman–Crippen MR) is 53.0 cm³/mol. The maximum atomic E-state index is 11.5. The Balaban J connectivity index is 2.77. The van der Waals surface area contributed by atoms with Crippen molar-refractivity contribution < 1.29 is 19.4 Å². The van der Waals surface area contributed by atoms with Crippen LogP contribution in [0.4, 0.5) is 0 Å². The number of carbonyl (C=O) groups excluding carboxylic acids is 1. The standard InChI is InChI=1S/C10H11NO4/c1-15-8-5-3-2-4-7(8)10(14)11-6-9(12)13/h2-5H,6H2,1H3,(H,11,14)(H,12,13). The zero-order valence-corrected chi connectivity index (χ0v) is 8.19. The highest BCUT2D eigenvalue weighted by atomic mass is 16.5. The first-order valence-corrected chi connectivity index (χ1v) is 4.28. The molecule has 0 aliphatic heterocycles. The number of hydrogen-bond acceptors (Lipinski definition) is 3. The number of nitrogens with one attached hydrogen (secondary N) is 1. The van der Waals surface area contributed by atoms with Crippen LogP contribution in [0.3, 0.4) is 0 Å². The van der Waals surface area contributed by atoms with Crippen molar-refractivity contribution >= 4 is 11.9 Å². The second-order valence-electron chi connectivity index (χ2n) is 2.78. The minimum absolute atomic E-state index is 0.321. The number of hydrogen-bond donors (Lipinski definition) is 2.